The molecule has 2 N–H and O–H groups in total. The molecule has 0 aliphatic carbocycles. The van der Waals surface area contributed by atoms with Gasteiger partial charge in [0.2, 0.25) is 0 Å². The smallest absolute Gasteiger partial charge is 0.307 e. The molecule has 0 aliphatic heterocycles. The predicted octanol–water partition coefficient (Wildman–Crippen LogP) is 6.02. The van der Waals surface area contributed by atoms with Gasteiger partial charge in [-0.3, -0.25) is 9.59 Å². The van der Waals surface area contributed by atoms with Gasteiger partial charge >= 0.3 is 11.9 Å². The van der Waals surface area contributed by atoms with E-state index in [1.165, 1.54) is 83.5 Å². The van der Waals surface area contributed by atoms with E-state index in [9.17, 15) is 9.59 Å². The van der Waals surface area contributed by atoms with Crippen molar-refractivity contribution in [2.45, 2.75) is 110 Å². The molecule has 0 radical (unpaired) electrons. The molecule has 170 valence electrons. The Labute approximate surface area is 178 Å². The summed E-state index contributed by atoms with van der Waals surface area (Å²) in [6.07, 6.45) is 23.2. The number of allylic oxidation sites excluding steroid dienone is 1. The van der Waals surface area contributed by atoms with Crippen molar-refractivity contribution < 1.29 is 19.4 Å². The Balaban J connectivity index is 3.22. The number of nitrogens with one attached hydrogen (secondary N) is 1. The van der Waals surface area contributed by atoms with Crippen LogP contribution >= 0.6 is 0 Å². The van der Waals surface area contributed by atoms with E-state index in [4.69, 9.17) is 9.84 Å². The van der Waals surface area contributed by atoms with Crippen molar-refractivity contribution in [1.82, 2.24) is 5.32 Å². The van der Waals surface area contributed by atoms with Crippen molar-refractivity contribution in [2.24, 2.45) is 0 Å². The number of unbranched alkanes of at least 4 members (excludes halogenated alkanes) is 13. The van der Waals surface area contributed by atoms with Crippen LogP contribution in [0.1, 0.15) is 110 Å². The molecule has 0 aromatic rings. The number of hydrogen-bond acceptors (Lipinski definition) is 4. The predicted molar refractivity (Wildman–Crippen MR) is 120 cm³/mol. The normalized spacial score (nSPS) is 11.2. The molecule has 0 bridgehead atoms. The Morgan fingerprint density at radius 1 is 0.759 bits per heavy atom. The van der Waals surface area contributed by atoms with Crippen molar-refractivity contribution in [1.29, 1.82) is 0 Å². The van der Waals surface area contributed by atoms with Gasteiger partial charge in [0.05, 0.1) is 12.8 Å². The highest BCUT2D eigenvalue weighted by Gasteiger charge is 2.01. The number of aliphatic carboxylic acids is 1. The lowest BCUT2D eigenvalue weighted by atomic mass is 10.0. The molecule has 0 aromatic carbocycles. The molecule has 29 heavy (non-hydrogen) atoms. The summed E-state index contributed by atoms with van der Waals surface area (Å²) in [4.78, 5) is 21.8. The van der Waals surface area contributed by atoms with E-state index < -0.39 is 5.97 Å². The fourth-order valence-corrected chi connectivity index (χ4v) is 3.19. The van der Waals surface area contributed by atoms with E-state index in [0.29, 0.717) is 19.7 Å². The summed E-state index contributed by atoms with van der Waals surface area (Å²) in [6, 6.07) is 0. The summed E-state index contributed by atoms with van der Waals surface area (Å²) < 4.78 is 5.11. The van der Waals surface area contributed by atoms with E-state index in [2.05, 4.69) is 18.3 Å². The third kappa shape index (κ3) is 24.6. The van der Waals surface area contributed by atoms with Crippen LogP contribution in [0.5, 0.6) is 0 Å². The first-order valence-electron chi connectivity index (χ1n) is 11.9. The molecule has 0 aromatic heterocycles. The lowest BCUT2D eigenvalue weighted by Crippen LogP contribution is -2.22. The van der Waals surface area contributed by atoms with Crippen LogP contribution in [0, 0.1) is 0 Å². The fraction of sp³-hybridized carbons (Fsp3) is 0.833. The number of hydrogen-bond donors (Lipinski definition) is 2. The van der Waals surface area contributed by atoms with Crippen LogP contribution < -0.4 is 5.32 Å². The average molecular weight is 412 g/mol. The van der Waals surface area contributed by atoms with Gasteiger partial charge in [-0.05, 0) is 12.8 Å². The SMILES string of the molecule is CCCCCCCCCCCCCCCC=CCOC(=O)CCNCCC(=O)O. The van der Waals surface area contributed by atoms with E-state index in [0.717, 1.165) is 6.42 Å². The summed E-state index contributed by atoms with van der Waals surface area (Å²) >= 11 is 0. The Hall–Kier alpha value is -1.36. The second-order valence-corrected chi connectivity index (χ2v) is 7.83. The molecule has 0 saturated carbocycles. The molecule has 0 heterocycles. The molecule has 0 aliphatic rings. The van der Waals surface area contributed by atoms with E-state index in [1.54, 1.807) is 0 Å². The fourth-order valence-electron chi connectivity index (χ4n) is 3.19. The summed E-state index contributed by atoms with van der Waals surface area (Å²) in [7, 11) is 0. The molecular formula is C24H45NO4. The van der Waals surface area contributed by atoms with Crippen molar-refractivity contribution in [3.05, 3.63) is 12.2 Å². The van der Waals surface area contributed by atoms with Gasteiger partial charge < -0.3 is 15.2 Å². The first-order chi connectivity index (χ1) is 14.2. The van der Waals surface area contributed by atoms with Gasteiger partial charge in [-0.25, -0.2) is 0 Å². The van der Waals surface area contributed by atoms with Gasteiger partial charge in [0.15, 0.2) is 0 Å². The number of carbonyl (C=O) groups is 2. The minimum Gasteiger partial charge on any atom is -0.481 e. The van der Waals surface area contributed by atoms with Gasteiger partial charge in [-0.2, -0.15) is 0 Å². The van der Waals surface area contributed by atoms with Crippen LogP contribution in [0.4, 0.5) is 0 Å². The number of carbonyl (C=O) groups excluding carboxylic acids is 1. The lowest BCUT2D eigenvalue weighted by Gasteiger charge is -2.03. The Bertz CT molecular complexity index is 410. The zero-order valence-electron chi connectivity index (χ0n) is 18.8. The van der Waals surface area contributed by atoms with Crippen LogP contribution in [0.15, 0.2) is 12.2 Å². The third-order valence-corrected chi connectivity index (χ3v) is 5.00. The van der Waals surface area contributed by atoms with Crippen molar-refractivity contribution >= 4 is 11.9 Å². The van der Waals surface area contributed by atoms with Gasteiger partial charge in [-0.1, -0.05) is 96.1 Å². The molecule has 0 rings (SSSR count). The maximum absolute atomic E-state index is 11.5. The van der Waals surface area contributed by atoms with Gasteiger partial charge in [-0.15, -0.1) is 0 Å². The monoisotopic (exact) mass is 411 g/mol. The Morgan fingerprint density at radius 3 is 1.83 bits per heavy atom. The number of rotatable bonds is 22. The van der Waals surface area contributed by atoms with E-state index in [1.807, 2.05) is 6.08 Å². The van der Waals surface area contributed by atoms with Crippen molar-refractivity contribution in [3.63, 3.8) is 0 Å². The third-order valence-electron chi connectivity index (χ3n) is 5.00. The molecule has 0 atom stereocenters. The number of esters is 1. The summed E-state index contributed by atoms with van der Waals surface area (Å²) in [6.45, 7) is 3.42. The molecular weight excluding hydrogens is 366 g/mol. The molecule has 0 amide bonds. The quantitative estimate of drug-likeness (QED) is 0.129. The molecule has 5 nitrogen and oxygen atoms in total. The first kappa shape index (κ1) is 27.6. The van der Waals surface area contributed by atoms with Crippen molar-refractivity contribution in [2.75, 3.05) is 19.7 Å². The van der Waals surface area contributed by atoms with Crippen LogP contribution in [0.25, 0.3) is 0 Å². The van der Waals surface area contributed by atoms with Crippen molar-refractivity contribution in [3.8, 4) is 0 Å². The largest absolute Gasteiger partial charge is 0.481 e. The molecule has 5 heteroatoms. The number of carboxylic acids is 1. The van der Waals surface area contributed by atoms with Crippen LogP contribution in [-0.2, 0) is 14.3 Å². The van der Waals surface area contributed by atoms with E-state index in [-0.39, 0.29) is 18.8 Å². The number of carboxylic acid groups (broad SMARTS) is 1. The zero-order chi connectivity index (χ0) is 21.4. The highest BCUT2D eigenvalue weighted by Crippen LogP contribution is 2.13. The molecule has 0 fully saturated rings. The topological polar surface area (TPSA) is 75.6 Å². The lowest BCUT2D eigenvalue weighted by molar-refractivity contribution is -0.142. The van der Waals surface area contributed by atoms with Gasteiger partial charge in [0, 0.05) is 13.1 Å². The van der Waals surface area contributed by atoms with E-state index >= 15 is 0 Å². The van der Waals surface area contributed by atoms with Crippen LogP contribution in [-0.4, -0.2) is 36.7 Å². The van der Waals surface area contributed by atoms with Crippen LogP contribution in [0.3, 0.4) is 0 Å². The second-order valence-electron chi connectivity index (χ2n) is 7.83. The maximum Gasteiger partial charge on any atom is 0.307 e. The Morgan fingerprint density at radius 2 is 1.28 bits per heavy atom. The maximum atomic E-state index is 11.5. The summed E-state index contributed by atoms with van der Waals surface area (Å²) in [5.41, 5.74) is 0. The van der Waals surface area contributed by atoms with Crippen LogP contribution in [0.2, 0.25) is 0 Å². The second kappa shape index (κ2) is 22.9. The minimum atomic E-state index is -0.839. The first-order valence-corrected chi connectivity index (χ1v) is 11.9. The molecule has 0 spiro atoms. The minimum absolute atomic E-state index is 0.0664. The molecule has 0 saturated heterocycles. The number of ether oxygens (including phenoxy) is 1. The van der Waals surface area contributed by atoms with Gasteiger partial charge in [0.25, 0.3) is 0 Å². The highest BCUT2D eigenvalue weighted by atomic mass is 16.5. The zero-order valence-corrected chi connectivity index (χ0v) is 18.8. The Kier molecular flexibility index (Phi) is 21.8. The standard InChI is InChI=1S/C24H45NO4/c1-2-3-4-5-6-7-8-9-10-11-12-13-14-15-16-17-22-29-24(28)19-21-25-20-18-23(26)27/h16-17,25H,2-15,18-22H2,1H3,(H,26,27). The average Bonchev–Trinajstić information content (AvgIpc) is 2.69. The summed E-state index contributed by atoms with van der Waals surface area (Å²) in [5.74, 6) is -1.09. The highest BCUT2D eigenvalue weighted by molar-refractivity contribution is 5.69. The summed E-state index contributed by atoms with van der Waals surface area (Å²) in [5, 5.41) is 11.4. The molecule has 0 unspecified atom stereocenters. The van der Waals surface area contributed by atoms with Gasteiger partial charge in [0.1, 0.15) is 6.61 Å².